The quantitative estimate of drug-likeness (QED) is 0.775. The average molecular weight is 280 g/mol. The molecule has 0 aliphatic carbocycles. The molecule has 3 nitrogen and oxygen atoms in total. The first-order valence-electron chi connectivity index (χ1n) is 6.73. The lowest BCUT2D eigenvalue weighted by atomic mass is 10.1. The fraction of sp³-hybridized carbons (Fsp3) is 0.533. The molecule has 0 aliphatic rings. The van der Waals surface area contributed by atoms with Gasteiger partial charge in [-0.05, 0) is 51.7 Å². The molecule has 0 saturated carbocycles. The molecular formula is C15H24N2OS. The lowest BCUT2D eigenvalue weighted by molar-refractivity contribution is -0.130. The smallest absolute Gasteiger partial charge is 0.226 e. The fourth-order valence-corrected chi connectivity index (χ4v) is 2.09. The van der Waals surface area contributed by atoms with Crippen LogP contribution >= 0.6 is 12.6 Å². The minimum Gasteiger partial charge on any atom is -0.343 e. The van der Waals surface area contributed by atoms with E-state index in [1.165, 1.54) is 0 Å². The van der Waals surface area contributed by atoms with Gasteiger partial charge in [-0.3, -0.25) is 4.79 Å². The molecule has 0 bridgehead atoms. The summed E-state index contributed by atoms with van der Waals surface area (Å²) in [7, 11) is 4.11. The van der Waals surface area contributed by atoms with Crippen LogP contribution in [-0.2, 0) is 11.2 Å². The molecule has 0 atom stereocenters. The molecule has 0 aromatic heterocycles. The number of carbonyl (C=O) groups is 1. The number of amides is 1. The molecule has 0 N–H and O–H groups in total. The Balaban J connectivity index is 2.47. The Kier molecular flexibility index (Phi) is 6.95. The summed E-state index contributed by atoms with van der Waals surface area (Å²) in [6, 6.07) is 7.78. The van der Waals surface area contributed by atoms with Gasteiger partial charge in [0.15, 0.2) is 0 Å². The third-order valence-corrected chi connectivity index (χ3v) is 3.36. The van der Waals surface area contributed by atoms with Crippen molar-refractivity contribution in [3.05, 3.63) is 29.8 Å². The zero-order chi connectivity index (χ0) is 14.3. The van der Waals surface area contributed by atoms with E-state index in [9.17, 15) is 4.79 Å². The Morgan fingerprint density at radius 1 is 1.16 bits per heavy atom. The Hall–Kier alpha value is -1.00. The predicted octanol–water partition coefficient (Wildman–Crippen LogP) is 2.32. The van der Waals surface area contributed by atoms with Crippen molar-refractivity contribution >= 4 is 18.5 Å². The SMILES string of the molecule is CCN(CCCN(C)C)C(=O)Cc1ccc(S)cc1. The molecule has 0 saturated heterocycles. The molecule has 0 heterocycles. The molecule has 0 radical (unpaired) electrons. The fourth-order valence-electron chi connectivity index (χ4n) is 1.94. The summed E-state index contributed by atoms with van der Waals surface area (Å²) in [6.07, 6.45) is 1.49. The molecule has 0 spiro atoms. The lowest BCUT2D eigenvalue weighted by Crippen LogP contribution is -2.34. The van der Waals surface area contributed by atoms with Crippen LogP contribution in [-0.4, -0.2) is 49.4 Å². The summed E-state index contributed by atoms with van der Waals surface area (Å²) in [5.41, 5.74) is 1.05. The first-order valence-corrected chi connectivity index (χ1v) is 7.18. The van der Waals surface area contributed by atoms with Gasteiger partial charge in [0.1, 0.15) is 0 Å². The van der Waals surface area contributed by atoms with Gasteiger partial charge in [0.25, 0.3) is 0 Å². The first kappa shape index (κ1) is 16.1. The standard InChI is InChI=1S/C15H24N2OS/c1-4-17(11-5-10-16(2)3)15(18)12-13-6-8-14(19)9-7-13/h6-9,19H,4-5,10-12H2,1-3H3. The van der Waals surface area contributed by atoms with E-state index in [1.807, 2.05) is 36.1 Å². The Morgan fingerprint density at radius 3 is 2.32 bits per heavy atom. The summed E-state index contributed by atoms with van der Waals surface area (Å²) in [6.45, 7) is 4.65. The zero-order valence-corrected chi connectivity index (χ0v) is 13.0. The summed E-state index contributed by atoms with van der Waals surface area (Å²) in [4.78, 5) is 17.2. The Labute approximate surface area is 122 Å². The van der Waals surface area contributed by atoms with Gasteiger partial charge < -0.3 is 9.80 Å². The number of rotatable bonds is 7. The van der Waals surface area contributed by atoms with Crippen LogP contribution < -0.4 is 0 Å². The Morgan fingerprint density at radius 2 is 1.79 bits per heavy atom. The zero-order valence-electron chi connectivity index (χ0n) is 12.1. The van der Waals surface area contributed by atoms with Crippen LogP contribution in [0.3, 0.4) is 0 Å². The maximum absolute atomic E-state index is 12.2. The molecule has 1 aromatic rings. The molecule has 19 heavy (non-hydrogen) atoms. The van der Waals surface area contributed by atoms with Crippen molar-refractivity contribution in [2.75, 3.05) is 33.7 Å². The Bertz CT molecular complexity index is 390. The molecule has 1 amide bonds. The molecular weight excluding hydrogens is 256 g/mol. The molecule has 106 valence electrons. The van der Waals surface area contributed by atoms with Crippen molar-refractivity contribution in [2.45, 2.75) is 24.7 Å². The highest BCUT2D eigenvalue weighted by molar-refractivity contribution is 7.80. The van der Waals surface area contributed by atoms with Gasteiger partial charge in [0.2, 0.25) is 5.91 Å². The maximum Gasteiger partial charge on any atom is 0.226 e. The average Bonchev–Trinajstić information content (AvgIpc) is 2.37. The summed E-state index contributed by atoms with van der Waals surface area (Å²) in [5, 5.41) is 0. The number of nitrogens with zero attached hydrogens (tertiary/aromatic N) is 2. The predicted molar refractivity (Wildman–Crippen MR) is 82.8 cm³/mol. The second kappa shape index (κ2) is 8.23. The number of thiol groups is 1. The minimum atomic E-state index is 0.202. The highest BCUT2D eigenvalue weighted by Crippen LogP contribution is 2.09. The van der Waals surface area contributed by atoms with Crippen LogP contribution in [0.4, 0.5) is 0 Å². The monoisotopic (exact) mass is 280 g/mol. The number of benzene rings is 1. The van der Waals surface area contributed by atoms with Crippen molar-refractivity contribution in [1.82, 2.24) is 9.80 Å². The van der Waals surface area contributed by atoms with E-state index in [0.717, 1.165) is 36.5 Å². The third kappa shape index (κ3) is 6.12. The van der Waals surface area contributed by atoms with E-state index in [0.29, 0.717) is 6.42 Å². The molecule has 1 aromatic carbocycles. The van der Waals surface area contributed by atoms with E-state index in [-0.39, 0.29) is 5.91 Å². The molecule has 0 fully saturated rings. The topological polar surface area (TPSA) is 23.6 Å². The van der Waals surface area contributed by atoms with Gasteiger partial charge in [0, 0.05) is 18.0 Å². The molecule has 1 rings (SSSR count). The number of likely N-dealkylation sites (N-methyl/N-ethyl adjacent to an activating group) is 1. The largest absolute Gasteiger partial charge is 0.343 e. The van der Waals surface area contributed by atoms with Crippen molar-refractivity contribution in [3.63, 3.8) is 0 Å². The van der Waals surface area contributed by atoms with Gasteiger partial charge in [0.05, 0.1) is 6.42 Å². The van der Waals surface area contributed by atoms with Gasteiger partial charge in [-0.15, -0.1) is 12.6 Å². The van der Waals surface area contributed by atoms with Crippen molar-refractivity contribution < 1.29 is 4.79 Å². The van der Waals surface area contributed by atoms with Crippen LogP contribution in [0, 0.1) is 0 Å². The lowest BCUT2D eigenvalue weighted by Gasteiger charge is -2.22. The number of carbonyl (C=O) groups excluding carboxylic acids is 1. The number of hydrogen-bond donors (Lipinski definition) is 1. The summed E-state index contributed by atoms with van der Waals surface area (Å²) in [5.74, 6) is 0.202. The van der Waals surface area contributed by atoms with E-state index >= 15 is 0 Å². The number of hydrogen-bond acceptors (Lipinski definition) is 3. The van der Waals surface area contributed by atoms with Crippen molar-refractivity contribution in [3.8, 4) is 0 Å². The maximum atomic E-state index is 12.2. The highest BCUT2D eigenvalue weighted by Gasteiger charge is 2.11. The van der Waals surface area contributed by atoms with Crippen LogP contribution in [0.5, 0.6) is 0 Å². The van der Waals surface area contributed by atoms with E-state index in [2.05, 4.69) is 31.6 Å². The highest BCUT2D eigenvalue weighted by atomic mass is 32.1. The van der Waals surface area contributed by atoms with Crippen molar-refractivity contribution in [1.29, 1.82) is 0 Å². The van der Waals surface area contributed by atoms with Gasteiger partial charge in [-0.25, -0.2) is 0 Å². The van der Waals surface area contributed by atoms with E-state index < -0.39 is 0 Å². The van der Waals surface area contributed by atoms with Gasteiger partial charge in [-0.1, -0.05) is 12.1 Å². The second-order valence-electron chi connectivity index (χ2n) is 4.97. The first-order chi connectivity index (χ1) is 9.02. The molecule has 0 aliphatic heterocycles. The second-order valence-corrected chi connectivity index (χ2v) is 5.49. The van der Waals surface area contributed by atoms with Crippen LogP contribution in [0.1, 0.15) is 18.9 Å². The van der Waals surface area contributed by atoms with Crippen LogP contribution in [0.25, 0.3) is 0 Å². The minimum absolute atomic E-state index is 0.202. The van der Waals surface area contributed by atoms with Crippen LogP contribution in [0.2, 0.25) is 0 Å². The van der Waals surface area contributed by atoms with Gasteiger partial charge in [-0.2, -0.15) is 0 Å². The van der Waals surface area contributed by atoms with E-state index in [4.69, 9.17) is 0 Å². The molecule has 0 unspecified atom stereocenters. The van der Waals surface area contributed by atoms with Crippen LogP contribution in [0.15, 0.2) is 29.2 Å². The molecule has 4 heteroatoms. The van der Waals surface area contributed by atoms with Crippen molar-refractivity contribution in [2.24, 2.45) is 0 Å². The summed E-state index contributed by atoms with van der Waals surface area (Å²) < 4.78 is 0. The van der Waals surface area contributed by atoms with Gasteiger partial charge >= 0.3 is 0 Å². The third-order valence-electron chi connectivity index (χ3n) is 3.06. The van der Waals surface area contributed by atoms with E-state index in [1.54, 1.807) is 0 Å². The normalized spacial score (nSPS) is 10.8. The summed E-state index contributed by atoms with van der Waals surface area (Å²) >= 11 is 4.25.